The van der Waals surface area contributed by atoms with Crippen molar-refractivity contribution in [2.75, 3.05) is 32.1 Å². The Labute approximate surface area is 190 Å². The third kappa shape index (κ3) is 4.59. The maximum atomic E-state index is 11.7. The summed E-state index contributed by atoms with van der Waals surface area (Å²) >= 11 is 0. The van der Waals surface area contributed by atoms with Gasteiger partial charge in [-0.2, -0.15) is 0 Å². The second-order valence-corrected chi connectivity index (χ2v) is 8.45. The lowest BCUT2D eigenvalue weighted by atomic mass is 9.90. The van der Waals surface area contributed by atoms with Gasteiger partial charge in [0.25, 0.3) is 0 Å². The topological polar surface area (TPSA) is 79.6 Å². The number of nitrogens with one attached hydrogen (secondary N) is 2. The number of hydrogen-bond donors (Lipinski definition) is 3. The summed E-state index contributed by atoms with van der Waals surface area (Å²) in [5.74, 6) is 0.959. The molecule has 1 atom stereocenters. The number of amides is 1. The molecule has 1 amide bonds. The number of carbonyl (C=O) groups excluding carboxylic acids is 1. The molecule has 0 bridgehead atoms. The second kappa shape index (κ2) is 9.39. The molecule has 0 saturated carbocycles. The molecule has 2 aliphatic heterocycles. The Kier molecular flexibility index (Phi) is 6.40. The zero-order valence-corrected chi connectivity index (χ0v) is 19.1. The molecule has 6 heteroatoms. The monoisotopic (exact) mass is 432 g/mol. The fourth-order valence-corrected chi connectivity index (χ4v) is 4.50. The van der Waals surface area contributed by atoms with Crippen molar-refractivity contribution in [1.29, 1.82) is 0 Å². The highest BCUT2D eigenvalue weighted by Crippen LogP contribution is 2.35. The molecule has 4 N–H and O–H groups in total. The molecule has 32 heavy (non-hydrogen) atoms. The summed E-state index contributed by atoms with van der Waals surface area (Å²) in [6.07, 6.45) is 3.96. The van der Waals surface area contributed by atoms with Gasteiger partial charge in [-0.1, -0.05) is 24.3 Å². The predicted octanol–water partition coefficient (Wildman–Crippen LogP) is 4.12. The summed E-state index contributed by atoms with van der Waals surface area (Å²) < 4.78 is 5.40. The van der Waals surface area contributed by atoms with E-state index in [0.717, 1.165) is 54.3 Å². The lowest BCUT2D eigenvalue weighted by Gasteiger charge is -2.26. The first-order chi connectivity index (χ1) is 15.5. The minimum atomic E-state index is 0.124. The number of ether oxygens (including phenoxy) is 1. The van der Waals surface area contributed by atoms with E-state index in [4.69, 9.17) is 10.5 Å². The van der Waals surface area contributed by atoms with Crippen LogP contribution in [0.2, 0.25) is 0 Å². The number of methoxy groups -OCH3 is 1. The zero-order chi connectivity index (χ0) is 22.7. The Morgan fingerprint density at radius 3 is 2.75 bits per heavy atom. The normalized spacial score (nSPS) is 19.8. The number of carbonyl (C=O) groups is 1. The third-order valence-corrected chi connectivity index (χ3v) is 6.26. The van der Waals surface area contributed by atoms with E-state index < -0.39 is 0 Å². The Morgan fingerprint density at radius 2 is 2.06 bits per heavy atom. The molecule has 1 unspecified atom stereocenters. The number of nitrogens with zero attached hydrogens (tertiary/aromatic N) is 1. The number of allylic oxidation sites excluding steroid dienone is 1. The van der Waals surface area contributed by atoms with Gasteiger partial charge in [0.2, 0.25) is 5.91 Å². The van der Waals surface area contributed by atoms with Crippen LogP contribution in [0.5, 0.6) is 5.75 Å². The number of rotatable bonds is 4. The van der Waals surface area contributed by atoms with Crippen LogP contribution in [-0.4, -0.2) is 37.6 Å². The van der Waals surface area contributed by atoms with Crippen LogP contribution in [0.15, 0.2) is 54.2 Å². The SMILES string of the molecule is COc1cccc(NC2CCN/C(=C(/C)N)c3ccc(C4=CCN(C(C)=O)CC4)cc32)c1. The van der Waals surface area contributed by atoms with Crippen molar-refractivity contribution in [3.63, 3.8) is 0 Å². The number of benzene rings is 2. The van der Waals surface area contributed by atoms with Crippen LogP contribution >= 0.6 is 0 Å². The quantitative estimate of drug-likeness (QED) is 0.677. The van der Waals surface area contributed by atoms with Crippen molar-refractivity contribution in [3.8, 4) is 5.75 Å². The number of anilines is 1. The highest BCUT2D eigenvalue weighted by Gasteiger charge is 2.24. The number of fused-ring (bicyclic) bond motifs is 1. The molecule has 168 valence electrons. The number of nitrogens with two attached hydrogens (primary N) is 1. The molecule has 0 radical (unpaired) electrons. The van der Waals surface area contributed by atoms with E-state index in [0.29, 0.717) is 6.54 Å². The number of hydrogen-bond acceptors (Lipinski definition) is 5. The fraction of sp³-hybridized carbons (Fsp3) is 0.346. The van der Waals surface area contributed by atoms with Gasteiger partial charge in [-0.3, -0.25) is 4.79 Å². The van der Waals surface area contributed by atoms with Gasteiger partial charge in [-0.15, -0.1) is 0 Å². The lowest BCUT2D eigenvalue weighted by molar-refractivity contribution is -0.128. The van der Waals surface area contributed by atoms with E-state index >= 15 is 0 Å². The predicted molar refractivity (Wildman–Crippen MR) is 130 cm³/mol. The summed E-state index contributed by atoms with van der Waals surface area (Å²) in [6.45, 7) is 5.83. The van der Waals surface area contributed by atoms with Crippen molar-refractivity contribution < 1.29 is 9.53 Å². The summed E-state index contributed by atoms with van der Waals surface area (Å²) in [4.78, 5) is 13.6. The van der Waals surface area contributed by atoms with Gasteiger partial charge in [0, 0.05) is 49.6 Å². The van der Waals surface area contributed by atoms with E-state index in [2.05, 4.69) is 41.0 Å². The molecule has 2 heterocycles. The molecule has 0 spiro atoms. The van der Waals surface area contributed by atoms with Crippen LogP contribution < -0.4 is 21.1 Å². The van der Waals surface area contributed by atoms with Crippen LogP contribution in [0.3, 0.4) is 0 Å². The van der Waals surface area contributed by atoms with Gasteiger partial charge in [-0.05, 0) is 54.7 Å². The molecular weight excluding hydrogens is 400 g/mol. The van der Waals surface area contributed by atoms with Crippen molar-refractivity contribution in [1.82, 2.24) is 10.2 Å². The van der Waals surface area contributed by atoms with Gasteiger partial charge < -0.3 is 26.0 Å². The molecular formula is C26H32N4O2. The zero-order valence-electron chi connectivity index (χ0n) is 19.1. The summed E-state index contributed by atoms with van der Waals surface area (Å²) in [6, 6.07) is 14.8. The van der Waals surface area contributed by atoms with Crippen LogP contribution in [-0.2, 0) is 4.79 Å². The first kappa shape index (κ1) is 21.8. The van der Waals surface area contributed by atoms with Crippen molar-refractivity contribution in [2.24, 2.45) is 5.73 Å². The van der Waals surface area contributed by atoms with Gasteiger partial charge in [0.05, 0.1) is 18.8 Å². The van der Waals surface area contributed by atoms with Crippen molar-refractivity contribution in [2.45, 2.75) is 32.7 Å². The Balaban J connectivity index is 1.71. The third-order valence-electron chi connectivity index (χ3n) is 6.26. The van der Waals surface area contributed by atoms with E-state index in [1.807, 2.05) is 30.0 Å². The summed E-state index contributed by atoms with van der Waals surface area (Å²) in [7, 11) is 1.68. The molecule has 2 aliphatic rings. The van der Waals surface area contributed by atoms with Gasteiger partial charge in [0.1, 0.15) is 5.75 Å². The van der Waals surface area contributed by atoms with E-state index in [-0.39, 0.29) is 11.9 Å². The van der Waals surface area contributed by atoms with Crippen molar-refractivity contribution >= 4 is 22.9 Å². The standard InChI is InChI=1S/C26H32N4O2/c1-17(27)26-23-8-7-20(19-10-13-30(14-11-19)18(2)31)15-24(23)25(9-12-28-26)29-21-5-4-6-22(16-21)32-3/h4-8,10,15-16,25,28-29H,9,11-14,27H2,1-3H3/b26-17-. The van der Waals surface area contributed by atoms with Crippen LogP contribution in [0, 0.1) is 0 Å². The Hall–Kier alpha value is -3.41. The molecule has 0 aromatic heterocycles. The van der Waals surface area contributed by atoms with Gasteiger partial charge in [0.15, 0.2) is 0 Å². The minimum Gasteiger partial charge on any atom is -0.497 e. The Morgan fingerprint density at radius 1 is 1.22 bits per heavy atom. The average molecular weight is 433 g/mol. The largest absolute Gasteiger partial charge is 0.497 e. The maximum absolute atomic E-state index is 11.7. The molecule has 0 fully saturated rings. The van der Waals surface area contributed by atoms with Crippen LogP contribution in [0.1, 0.15) is 49.4 Å². The highest BCUT2D eigenvalue weighted by molar-refractivity contribution is 5.78. The lowest BCUT2D eigenvalue weighted by Crippen LogP contribution is -2.32. The molecule has 6 nitrogen and oxygen atoms in total. The highest BCUT2D eigenvalue weighted by atomic mass is 16.5. The van der Waals surface area contributed by atoms with Crippen LogP contribution in [0.4, 0.5) is 5.69 Å². The minimum absolute atomic E-state index is 0.124. The maximum Gasteiger partial charge on any atom is 0.219 e. The second-order valence-electron chi connectivity index (χ2n) is 8.45. The van der Waals surface area contributed by atoms with E-state index in [1.54, 1.807) is 14.0 Å². The molecule has 0 aliphatic carbocycles. The Bertz CT molecular complexity index is 1070. The molecule has 0 saturated heterocycles. The fourth-order valence-electron chi connectivity index (χ4n) is 4.50. The summed E-state index contributed by atoms with van der Waals surface area (Å²) in [5, 5.41) is 7.23. The van der Waals surface area contributed by atoms with E-state index in [9.17, 15) is 4.79 Å². The molecule has 2 aromatic rings. The molecule has 4 rings (SSSR count). The molecule has 2 aromatic carbocycles. The summed E-state index contributed by atoms with van der Waals surface area (Å²) in [5.41, 5.74) is 13.9. The first-order valence-electron chi connectivity index (χ1n) is 11.2. The van der Waals surface area contributed by atoms with Crippen molar-refractivity contribution in [3.05, 3.63) is 70.9 Å². The smallest absolute Gasteiger partial charge is 0.219 e. The van der Waals surface area contributed by atoms with Crippen LogP contribution in [0.25, 0.3) is 11.3 Å². The van der Waals surface area contributed by atoms with Gasteiger partial charge >= 0.3 is 0 Å². The average Bonchev–Trinajstić information content (AvgIpc) is 2.98. The van der Waals surface area contributed by atoms with E-state index in [1.165, 1.54) is 16.7 Å². The first-order valence-corrected chi connectivity index (χ1v) is 11.2. The van der Waals surface area contributed by atoms with Gasteiger partial charge in [-0.25, -0.2) is 0 Å².